The molecule has 1 fully saturated rings. The van der Waals surface area contributed by atoms with Crippen molar-refractivity contribution in [3.63, 3.8) is 0 Å². The lowest BCUT2D eigenvalue weighted by atomic mass is 9.96. The zero-order valence-electron chi connectivity index (χ0n) is 15.2. The summed E-state index contributed by atoms with van der Waals surface area (Å²) in [6, 6.07) is 4.75. The molecule has 5 nitrogen and oxygen atoms in total. The number of piperazine rings is 1. The molecule has 146 valence electrons. The number of methoxy groups -OCH3 is 1. The van der Waals surface area contributed by atoms with Gasteiger partial charge in [-0.05, 0) is 31.0 Å². The highest BCUT2D eigenvalue weighted by atomic mass is 19.4. The van der Waals surface area contributed by atoms with Gasteiger partial charge >= 0.3 is 12.3 Å². The number of hydrogen-bond donors (Lipinski definition) is 1. The Kier molecular flexibility index (Phi) is 6.52. The third-order valence-corrected chi connectivity index (χ3v) is 4.90. The number of benzene rings is 1. The second-order valence-electron chi connectivity index (χ2n) is 6.63. The van der Waals surface area contributed by atoms with Gasteiger partial charge < -0.3 is 14.7 Å². The van der Waals surface area contributed by atoms with E-state index in [1.807, 2.05) is 13.8 Å². The van der Waals surface area contributed by atoms with Crippen LogP contribution in [0.4, 0.5) is 18.0 Å². The van der Waals surface area contributed by atoms with Crippen LogP contribution in [0.2, 0.25) is 0 Å². The predicted octanol–water partition coefficient (Wildman–Crippen LogP) is 3.86. The number of hydrogen-bond acceptors (Lipinski definition) is 3. The summed E-state index contributed by atoms with van der Waals surface area (Å²) in [6.45, 7) is 4.97. The summed E-state index contributed by atoms with van der Waals surface area (Å²) in [5.41, 5.74) is 0.117. The minimum Gasteiger partial charge on any atom is -0.465 e. The first-order chi connectivity index (χ1) is 12.2. The average Bonchev–Trinajstić information content (AvgIpc) is 2.57. The van der Waals surface area contributed by atoms with E-state index >= 15 is 0 Å². The fourth-order valence-electron chi connectivity index (χ4n) is 3.61. The molecule has 1 heterocycles. The number of alkyl halides is 3. The predicted molar refractivity (Wildman–Crippen MR) is 91.0 cm³/mol. The number of ether oxygens (including phenoxy) is 1. The van der Waals surface area contributed by atoms with Crippen molar-refractivity contribution in [3.8, 4) is 0 Å². The molecule has 1 aliphatic rings. The van der Waals surface area contributed by atoms with Crippen molar-refractivity contribution in [1.29, 1.82) is 0 Å². The van der Waals surface area contributed by atoms with Gasteiger partial charge in [-0.1, -0.05) is 19.1 Å². The number of carboxylic acid groups (broad SMARTS) is 1. The maximum atomic E-state index is 12.8. The van der Waals surface area contributed by atoms with Gasteiger partial charge in [0.15, 0.2) is 0 Å². The summed E-state index contributed by atoms with van der Waals surface area (Å²) in [5, 5.41) is 9.36. The Bertz CT molecular complexity index is 607. The molecule has 0 aliphatic carbocycles. The highest BCUT2D eigenvalue weighted by Gasteiger charge is 2.38. The molecule has 1 aliphatic heterocycles. The number of halogens is 3. The molecule has 1 amide bonds. The summed E-state index contributed by atoms with van der Waals surface area (Å²) in [6.07, 6.45) is -4.63. The van der Waals surface area contributed by atoms with E-state index in [-0.39, 0.29) is 18.1 Å². The Morgan fingerprint density at radius 3 is 2.38 bits per heavy atom. The Morgan fingerprint density at radius 2 is 1.92 bits per heavy atom. The molecule has 1 unspecified atom stereocenters. The summed E-state index contributed by atoms with van der Waals surface area (Å²) >= 11 is 0. The van der Waals surface area contributed by atoms with Crippen molar-refractivity contribution in [2.24, 2.45) is 0 Å². The molecular formula is C18H25F3N2O3. The lowest BCUT2D eigenvalue weighted by Gasteiger charge is -2.47. The number of amides is 1. The minimum atomic E-state index is -4.36. The van der Waals surface area contributed by atoms with Crippen LogP contribution >= 0.6 is 0 Å². The van der Waals surface area contributed by atoms with Crippen molar-refractivity contribution in [2.45, 2.75) is 44.6 Å². The van der Waals surface area contributed by atoms with E-state index in [9.17, 15) is 23.1 Å². The van der Waals surface area contributed by atoms with Gasteiger partial charge in [-0.25, -0.2) is 4.79 Å². The molecular weight excluding hydrogens is 349 g/mol. The first kappa shape index (κ1) is 20.5. The van der Waals surface area contributed by atoms with Gasteiger partial charge in [-0.3, -0.25) is 4.90 Å². The van der Waals surface area contributed by atoms with Crippen LogP contribution in [-0.2, 0) is 10.9 Å². The van der Waals surface area contributed by atoms with E-state index in [1.165, 1.54) is 17.0 Å². The highest BCUT2D eigenvalue weighted by Crippen LogP contribution is 2.33. The molecule has 2 rings (SSSR count). The van der Waals surface area contributed by atoms with E-state index < -0.39 is 17.8 Å². The number of rotatable bonds is 5. The molecule has 1 aromatic rings. The van der Waals surface area contributed by atoms with Crippen LogP contribution in [0.1, 0.15) is 37.4 Å². The largest absolute Gasteiger partial charge is 0.465 e. The van der Waals surface area contributed by atoms with Gasteiger partial charge in [0, 0.05) is 32.3 Å². The second kappa shape index (κ2) is 8.26. The van der Waals surface area contributed by atoms with Crippen molar-refractivity contribution < 1.29 is 27.8 Å². The molecule has 0 spiro atoms. The van der Waals surface area contributed by atoms with Gasteiger partial charge in [0.2, 0.25) is 0 Å². The summed E-state index contributed by atoms with van der Waals surface area (Å²) in [7, 11) is 1.56. The fourth-order valence-corrected chi connectivity index (χ4v) is 3.61. The van der Waals surface area contributed by atoms with Crippen molar-refractivity contribution >= 4 is 6.09 Å². The summed E-state index contributed by atoms with van der Waals surface area (Å²) in [5.74, 6) is 0. The average molecular weight is 374 g/mol. The van der Waals surface area contributed by atoms with E-state index in [0.29, 0.717) is 26.1 Å². The van der Waals surface area contributed by atoms with Crippen LogP contribution in [0.25, 0.3) is 0 Å². The highest BCUT2D eigenvalue weighted by molar-refractivity contribution is 5.65. The van der Waals surface area contributed by atoms with Crippen molar-refractivity contribution in [1.82, 2.24) is 9.80 Å². The SMILES string of the molecule is CCC(c1ccc(C(F)(F)F)cc1)N1C[C@H](C)N(C(=O)O)C[C@H]1COC. The lowest BCUT2D eigenvalue weighted by molar-refractivity contribution is -0.137. The van der Waals surface area contributed by atoms with E-state index in [4.69, 9.17) is 4.74 Å². The van der Waals surface area contributed by atoms with Gasteiger partial charge in [-0.15, -0.1) is 0 Å². The molecule has 0 radical (unpaired) electrons. The normalized spacial score (nSPS) is 23.1. The molecule has 0 bridgehead atoms. The first-order valence-electron chi connectivity index (χ1n) is 8.60. The summed E-state index contributed by atoms with van der Waals surface area (Å²) < 4.78 is 43.7. The van der Waals surface area contributed by atoms with Crippen molar-refractivity contribution in [2.75, 3.05) is 26.8 Å². The maximum Gasteiger partial charge on any atom is 0.416 e. The third kappa shape index (κ3) is 4.48. The molecule has 1 saturated heterocycles. The molecule has 26 heavy (non-hydrogen) atoms. The smallest absolute Gasteiger partial charge is 0.416 e. The Morgan fingerprint density at radius 1 is 1.31 bits per heavy atom. The van der Waals surface area contributed by atoms with E-state index in [2.05, 4.69) is 4.90 Å². The third-order valence-electron chi connectivity index (χ3n) is 4.90. The molecule has 0 aromatic heterocycles. The van der Waals surface area contributed by atoms with E-state index in [0.717, 1.165) is 17.7 Å². The zero-order valence-corrected chi connectivity index (χ0v) is 15.2. The van der Waals surface area contributed by atoms with Crippen molar-refractivity contribution in [3.05, 3.63) is 35.4 Å². The Balaban J connectivity index is 2.27. The van der Waals surface area contributed by atoms with Gasteiger partial charge in [-0.2, -0.15) is 13.2 Å². The van der Waals surface area contributed by atoms with E-state index in [1.54, 1.807) is 7.11 Å². The minimum absolute atomic E-state index is 0.101. The van der Waals surface area contributed by atoms with Crippen LogP contribution < -0.4 is 0 Å². The molecule has 1 N–H and O–H groups in total. The lowest BCUT2D eigenvalue weighted by Crippen LogP contribution is -2.60. The van der Waals surface area contributed by atoms with Crippen LogP contribution in [0.3, 0.4) is 0 Å². The second-order valence-corrected chi connectivity index (χ2v) is 6.63. The summed E-state index contributed by atoms with van der Waals surface area (Å²) in [4.78, 5) is 15.0. The van der Waals surface area contributed by atoms with Gasteiger partial charge in [0.25, 0.3) is 0 Å². The van der Waals surface area contributed by atoms with Crippen LogP contribution in [-0.4, -0.2) is 59.9 Å². The zero-order chi connectivity index (χ0) is 19.5. The monoisotopic (exact) mass is 374 g/mol. The quantitative estimate of drug-likeness (QED) is 0.851. The molecule has 0 saturated carbocycles. The molecule has 8 heteroatoms. The maximum absolute atomic E-state index is 12.8. The molecule has 3 atom stereocenters. The van der Waals surface area contributed by atoms with Crippen LogP contribution in [0, 0.1) is 0 Å². The first-order valence-corrected chi connectivity index (χ1v) is 8.60. The Hall–Kier alpha value is -1.80. The topological polar surface area (TPSA) is 53.0 Å². The van der Waals surface area contributed by atoms with Crippen LogP contribution in [0.5, 0.6) is 0 Å². The van der Waals surface area contributed by atoms with Crippen LogP contribution in [0.15, 0.2) is 24.3 Å². The Labute approximate surface area is 151 Å². The standard InChI is InChI=1S/C18H25F3N2O3/c1-4-16(13-5-7-14(8-6-13)18(19,20)21)23-9-12(2)22(17(24)25)10-15(23)11-26-3/h5-8,12,15-16H,4,9-11H2,1-3H3,(H,24,25)/t12-,15-,16?/m0/s1. The van der Waals surface area contributed by atoms with Gasteiger partial charge in [0.1, 0.15) is 0 Å². The number of carbonyl (C=O) groups is 1. The fraction of sp³-hybridized carbons (Fsp3) is 0.611. The molecule has 1 aromatic carbocycles. The van der Waals surface area contributed by atoms with Gasteiger partial charge in [0.05, 0.1) is 18.2 Å². The number of nitrogens with zero attached hydrogens (tertiary/aromatic N) is 2.